The molecule has 100 valence electrons. The summed E-state index contributed by atoms with van der Waals surface area (Å²) in [4.78, 5) is 0. The van der Waals surface area contributed by atoms with Crippen LogP contribution in [0.15, 0.2) is 12.1 Å². The van der Waals surface area contributed by atoms with Crippen molar-refractivity contribution in [2.24, 2.45) is 5.41 Å². The highest BCUT2D eigenvalue weighted by Gasteiger charge is 2.28. The van der Waals surface area contributed by atoms with Crippen LogP contribution in [0.4, 0.5) is 14.5 Å². The summed E-state index contributed by atoms with van der Waals surface area (Å²) in [5.74, 6) is -1.27. The molecule has 0 amide bonds. The van der Waals surface area contributed by atoms with Crippen LogP contribution in [0.3, 0.4) is 0 Å². The van der Waals surface area contributed by atoms with Gasteiger partial charge in [0.25, 0.3) is 0 Å². The molecule has 1 fully saturated rings. The summed E-state index contributed by atoms with van der Waals surface area (Å²) in [7, 11) is 0. The number of anilines is 1. The van der Waals surface area contributed by atoms with Crippen molar-refractivity contribution >= 4 is 17.3 Å². The van der Waals surface area contributed by atoms with Crippen molar-refractivity contribution in [3.8, 4) is 0 Å². The van der Waals surface area contributed by atoms with Crippen LogP contribution >= 0.6 is 11.6 Å². The van der Waals surface area contributed by atoms with E-state index in [2.05, 4.69) is 19.2 Å². The van der Waals surface area contributed by atoms with Gasteiger partial charge >= 0.3 is 0 Å². The third kappa shape index (κ3) is 3.14. The van der Waals surface area contributed by atoms with E-state index in [0.29, 0.717) is 0 Å². The molecule has 1 N–H and O–H groups in total. The van der Waals surface area contributed by atoms with Crippen LogP contribution in [-0.2, 0) is 0 Å². The van der Waals surface area contributed by atoms with Crippen LogP contribution in [0, 0.1) is 17.0 Å². The maximum absolute atomic E-state index is 13.7. The van der Waals surface area contributed by atoms with Crippen molar-refractivity contribution in [3.63, 3.8) is 0 Å². The summed E-state index contributed by atoms with van der Waals surface area (Å²) in [6.07, 6.45) is 4.27. The largest absolute Gasteiger partial charge is 0.379 e. The fraction of sp³-hybridized carbons (Fsp3) is 0.571. The van der Waals surface area contributed by atoms with Crippen LogP contribution < -0.4 is 5.32 Å². The molecule has 1 atom stereocenters. The molecule has 0 aliphatic heterocycles. The van der Waals surface area contributed by atoms with Crippen molar-refractivity contribution in [2.75, 3.05) is 5.32 Å². The van der Waals surface area contributed by atoms with Crippen LogP contribution in [-0.4, -0.2) is 6.04 Å². The predicted molar refractivity (Wildman–Crippen MR) is 71.0 cm³/mol. The summed E-state index contributed by atoms with van der Waals surface area (Å²) < 4.78 is 26.6. The molecule has 1 aliphatic carbocycles. The van der Waals surface area contributed by atoms with Crippen molar-refractivity contribution in [3.05, 3.63) is 28.8 Å². The van der Waals surface area contributed by atoms with Gasteiger partial charge in [0.05, 0.1) is 10.7 Å². The maximum atomic E-state index is 13.7. The van der Waals surface area contributed by atoms with E-state index >= 15 is 0 Å². The topological polar surface area (TPSA) is 12.0 Å². The Morgan fingerprint density at radius 3 is 2.67 bits per heavy atom. The van der Waals surface area contributed by atoms with E-state index in [9.17, 15) is 8.78 Å². The van der Waals surface area contributed by atoms with Crippen molar-refractivity contribution in [2.45, 2.75) is 45.6 Å². The summed E-state index contributed by atoms with van der Waals surface area (Å²) in [5.41, 5.74) is 0.486. The van der Waals surface area contributed by atoms with Crippen LogP contribution in [0.5, 0.6) is 0 Å². The van der Waals surface area contributed by atoms with E-state index in [1.807, 2.05) is 0 Å². The summed E-state index contributed by atoms with van der Waals surface area (Å²) in [5, 5.41) is 3.23. The Hall–Kier alpha value is -0.830. The van der Waals surface area contributed by atoms with Gasteiger partial charge in [-0.25, -0.2) is 8.78 Å². The van der Waals surface area contributed by atoms with Gasteiger partial charge < -0.3 is 5.32 Å². The van der Waals surface area contributed by atoms with Gasteiger partial charge in [-0.1, -0.05) is 31.9 Å². The highest BCUT2D eigenvalue weighted by Crippen LogP contribution is 2.37. The molecule has 0 radical (unpaired) electrons. The number of hydrogen-bond donors (Lipinski definition) is 1. The van der Waals surface area contributed by atoms with E-state index in [1.54, 1.807) is 0 Å². The van der Waals surface area contributed by atoms with E-state index in [-0.39, 0.29) is 22.2 Å². The Balaban J connectivity index is 2.14. The smallest absolute Gasteiger partial charge is 0.150 e. The first-order valence-electron chi connectivity index (χ1n) is 6.28. The average molecular weight is 274 g/mol. The summed E-state index contributed by atoms with van der Waals surface area (Å²) in [6, 6.07) is 2.20. The zero-order valence-corrected chi connectivity index (χ0v) is 11.5. The number of rotatable bonds is 2. The van der Waals surface area contributed by atoms with Crippen molar-refractivity contribution in [1.82, 2.24) is 0 Å². The highest BCUT2D eigenvalue weighted by molar-refractivity contribution is 6.33. The van der Waals surface area contributed by atoms with Crippen LogP contribution in [0.2, 0.25) is 5.02 Å². The molecule has 0 spiro atoms. The normalized spacial score (nSPS) is 22.8. The van der Waals surface area contributed by atoms with Crippen molar-refractivity contribution in [1.29, 1.82) is 0 Å². The fourth-order valence-corrected chi connectivity index (χ4v) is 2.95. The van der Waals surface area contributed by atoms with Gasteiger partial charge in [-0.3, -0.25) is 0 Å². The van der Waals surface area contributed by atoms with Gasteiger partial charge in [0, 0.05) is 12.1 Å². The first-order chi connectivity index (χ1) is 8.37. The average Bonchev–Trinajstić information content (AvgIpc) is 2.22. The van der Waals surface area contributed by atoms with E-state index in [0.717, 1.165) is 31.4 Å². The predicted octanol–water partition coefficient (Wildman–Crippen LogP) is 5.00. The van der Waals surface area contributed by atoms with Crippen LogP contribution in [0.25, 0.3) is 0 Å². The third-order valence-corrected chi connectivity index (χ3v) is 3.86. The third-order valence-electron chi connectivity index (χ3n) is 3.56. The molecule has 1 unspecified atom stereocenters. The first-order valence-corrected chi connectivity index (χ1v) is 6.66. The Morgan fingerprint density at radius 2 is 2.06 bits per heavy atom. The Bertz CT molecular complexity index is 422. The fourth-order valence-electron chi connectivity index (χ4n) is 2.71. The minimum Gasteiger partial charge on any atom is -0.379 e. The standard InChI is InChI=1S/C14H18ClF2N/c1-14(2)5-3-4-10(8-14)18-13-11(15)6-9(16)7-12(13)17/h6-7,10,18H,3-5,8H2,1-2H3. The lowest BCUT2D eigenvalue weighted by molar-refractivity contribution is 0.229. The Morgan fingerprint density at radius 1 is 1.33 bits per heavy atom. The van der Waals surface area contributed by atoms with Crippen molar-refractivity contribution < 1.29 is 8.78 Å². The highest BCUT2D eigenvalue weighted by atomic mass is 35.5. The molecule has 2 rings (SSSR count). The lowest BCUT2D eigenvalue weighted by Gasteiger charge is -2.36. The molecule has 1 nitrogen and oxygen atoms in total. The van der Waals surface area contributed by atoms with E-state index < -0.39 is 11.6 Å². The van der Waals surface area contributed by atoms with Gasteiger partial charge in [0.2, 0.25) is 0 Å². The molecule has 1 aliphatic rings. The molecule has 0 heterocycles. The molecule has 1 saturated carbocycles. The monoisotopic (exact) mass is 273 g/mol. The molecule has 4 heteroatoms. The van der Waals surface area contributed by atoms with Gasteiger partial charge in [-0.05, 0) is 30.7 Å². The zero-order chi connectivity index (χ0) is 13.3. The van der Waals surface area contributed by atoms with Gasteiger partial charge in [0.1, 0.15) is 5.82 Å². The minimum atomic E-state index is -0.646. The quantitative estimate of drug-likeness (QED) is 0.800. The number of hydrogen-bond acceptors (Lipinski definition) is 1. The molecular formula is C14H18ClF2N. The Kier molecular flexibility index (Phi) is 3.81. The lowest BCUT2D eigenvalue weighted by atomic mass is 9.75. The molecule has 1 aromatic rings. The van der Waals surface area contributed by atoms with E-state index in [1.165, 1.54) is 6.42 Å². The number of benzene rings is 1. The second-order valence-corrected chi connectivity index (χ2v) is 6.25. The lowest BCUT2D eigenvalue weighted by Crippen LogP contribution is -2.32. The van der Waals surface area contributed by atoms with E-state index in [4.69, 9.17) is 11.6 Å². The molecule has 18 heavy (non-hydrogen) atoms. The zero-order valence-electron chi connectivity index (χ0n) is 10.7. The van der Waals surface area contributed by atoms with Gasteiger partial charge in [-0.2, -0.15) is 0 Å². The maximum Gasteiger partial charge on any atom is 0.150 e. The molecule has 0 saturated heterocycles. The number of nitrogens with one attached hydrogen (secondary N) is 1. The molecule has 0 aromatic heterocycles. The molecular weight excluding hydrogens is 256 g/mol. The van der Waals surface area contributed by atoms with Gasteiger partial charge in [-0.15, -0.1) is 0 Å². The number of halogens is 3. The Labute approximate surface area is 112 Å². The summed E-state index contributed by atoms with van der Waals surface area (Å²) >= 11 is 5.88. The summed E-state index contributed by atoms with van der Waals surface area (Å²) in [6.45, 7) is 4.42. The molecule has 1 aromatic carbocycles. The van der Waals surface area contributed by atoms with Gasteiger partial charge in [0.15, 0.2) is 5.82 Å². The second kappa shape index (κ2) is 5.04. The first kappa shape index (κ1) is 13.6. The SMILES string of the molecule is CC1(C)CCCC(Nc2c(F)cc(F)cc2Cl)C1. The van der Waals surface area contributed by atoms with Crippen LogP contribution in [0.1, 0.15) is 39.5 Å². The minimum absolute atomic E-state index is 0.107. The second-order valence-electron chi connectivity index (χ2n) is 5.85. The molecule has 0 bridgehead atoms.